The third kappa shape index (κ3) is 2.59. The van der Waals surface area contributed by atoms with Crippen molar-refractivity contribution in [3.8, 4) is 6.07 Å². The number of aryl methyl sites for hydroxylation is 1. The largest absolute Gasteiger partial charge is 0.390 e. The Morgan fingerprint density at radius 2 is 2.00 bits per heavy atom. The molecule has 88 valence electrons. The van der Waals surface area contributed by atoms with E-state index in [1.807, 2.05) is 6.07 Å². The quantitative estimate of drug-likeness (QED) is 0.787. The maximum Gasteiger partial charge on any atom is 0.390 e. The summed E-state index contributed by atoms with van der Waals surface area (Å²) in [5.74, 6) is 0. The predicted molar refractivity (Wildman–Crippen MR) is 57.3 cm³/mol. The van der Waals surface area contributed by atoms with Crippen LogP contribution in [0.25, 0.3) is 10.9 Å². The fraction of sp³-hybridized carbons (Fsp3) is 0.250. The van der Waals surface area contributed by atoms with Crippen molar-refractivity contribution in [2.45, 2.75) is 19.1 Å². The van der Waals surface area contributed by atoms with E-state index >= 15 is 0 Å². The Morgan fingerprint density at radius 1 is 1.24 bits per heavy atom. The highest BCUT2D eigenvalue weighted by Crippen LogP contribution is 2.23. The second-order valence-corrected chi connectivity index (χ2v) is 3.76. The van der Waals surface area contributed by atoms with Gasteiger partial charge in [-0.05, 0) is 24.3 Å². The van der Waals surface area contributed by atoms with Crippen LogP contribution in [0.5, 0.6) is 0 Å². The van der Waals surface area contributed by atoms with Gasteiger partial charge in [0.2, 0.25) is 0 Å². The SMILES string of the molecule is N#Cc1ccc2c(ccn2CCC(F)(F)F)c1. The van der Waals surface area contributed by atoms with Crippen LogP contribution in [0.3, 0.4) is 0 Å². The molecule has 5 heteroatoms. The molecule has 0 aliphatic heterocycles. The number of nitrogens with zero attached hydrogens (tertiary/aromatic N) is 2. The molecule has 0 saturated carbocycles. The molecule has 0 fully saturated rings. The summed E-state index contributed by atoms with van der Waals surface area (Å²) < 4.78 is 37.9. The van der Waals surface area contributed by atoms with Crippen molar-refractivity contribution in [2.75, 3.05) is 0 Å². The number of hydrogen-bond donors (Lipinski definition) is 0. The summed E-state index contributed by atoms with van der Waals surface area (Å²) in [7, 11) is 0. The maximum atomic E-state index is 12.1. The fourth-order valence-electron chi connectivity index (χ4n) is 1.71. The van der Waals surface area contributed by atoms with Gasteiger partial charge in [0.05, 0.1) is 18.1 Å². The first kappa shape index (κ1) is 11.5. The van der Waals surface area contributed by atoms with Crippen molar-refractivity contribution in [3.05, 3.63) is 36.0 Å². The summed E-state index contributed by atoms with van der Waals surface area (Å²) in [5, 5.41) is 9.49. The Balaban J connectivity index is 2.28. The van der Waals surface area contributed by atoms with Gasteiger partial charge in [0.1, 0.15) is 0 Å². The highest BCUT2D eigenvalue weighted by Gasteiger charge is 2.26. The van der Waals surface area contributed by atoms with E-state index in [2.05, 4.69) is 0 Å². The second-order valence-electron chi connectivity index (χ2n) is 3.76. The van der Waals surface area contributed by atoms with Gasteiger partial charge < -0.3 is 4.57 Å². The Kier molecular flexibility index (Phi) is 2.80. The zero-order chi connectivity index (χ0) is 12.5. The van der Waals surface area contributed by atoms with Crippen LogP contribution in [-0.2, 0) is 6.54 Å². The lowest BCUT2D eigenvalue weighted by atomic mass is 10.2. The summed E-state index contributed by atoms with van der Waals surface area (Å²) in [6.07, 6.45) is -3.39. The van der Waals surface area contributed by atoms with Crippen molar-refractivity contribution in [3.63, 3.8) is 0 Å². The van der Waals surface area contributed by atoms with Gasteiger partial charge in [-0.2, -0.15) is 18.4 Å². The molecule has 0 amide bonds. The van der Waals surface area contributed by atoms with E-state index in [4.69, 9.17) is 5.26 Å². The standard InChI is InChI=1S/C12H9F3N2/c13-12(14,15)4-6-17-5-3-10-7-9(8-16)1-2-11(10)17/h1-3,5,7H,4,6H2. The normalized spacial score (nSPS) is 11.6. The van der Waals surface area contributed by atoms with Crippen molar-refractivity contribution < 1.29 is 13.2 Å². The molecule has 17 heavy (non-hydrogen) atoms. The van der Waals surface area contributed by atoms with Gasteiger partial charge >= 0.3 is 6.18 Å². The van der Waals surface area contributed by atoms with Crippen LogP contribution in [0.15, 0.2) is 30.5 Å². The van der Waals surface area contributed by atoms with Crippen molar-refractivity contribution in [1.29, 1.82) is 5.26 Å². The summed E-state index contributed by atoms with van der Waals surface area (Å²) in [5.41, 5.74) is 1.22. The minimum absolute atomic E-state index is 0.0983. The Labute approximate surface area is 95.9 Å². The highest BCUT2D eigenvalue weighted by atomic mass is 19.4. The molecule has 0 radical (unpaired) electrons. The molecule has 1 aromatic carbocycles. The van der Waals surface area contributed by atoms with Gasteiger partial charge in [0, 0.05) is 23.6 Å². The monoisotopic (exact) mass is 238 g/mol. The molecular weight excluding hydrogens is 229 g/mol. The number of benzene rings is 1. The summed E-state index contributed by atoms with van der Waals surface area (Å²) in [4.78, 5) is 0. The molecule has 2 rings (SSSR count). The number of nitriles is 1. The Bertz CT molecular complexity index is 575. The van der Waals surface area contributed by atoms with Gasteiger partial charge in [-0.15, -0.1) is 0 Å². The zero-order valence-corrected chi connectivity index (χ0v) is 8.83. The van der Waals surface area contributed by atoms with Crippen molar-refractivity contribution in [2.24, 2.45) is 0 Å². The molecule has 0 atom stereocenters. The molecule has 0 aliphatic carbocycles. The van der Waals surface area contributed by atoms with Crippen LogP contribution in [0.1, 0.15) is 12.0 Å². The van der Waals surface area contributed by atoms with Gasteiger partial charge in [0.25, 0.3) is 0 Å². The smallest absolute Gasteiger partial charge is 0.347 e. The summed E-state index contributed by atoms with van der Waals surface area (Å²) >= 11 is 0. The van der Waals surface area contributed by atoms with Crippen molar-refractivity contribution >= 4 is 10.9 Å². The first-order chi connectivity index (χ1) is 7.99. The lowest BCUT2D eigenvalue weighted by Crippen LogP contribution is -2.11. The summed E-state index contributed by atoms with van der Waals surface area (Å²) in [6, 6.07) is 8.65. The first-order valence-electron chi connectivity index (χ1n) is 5.05. The average molecular weight is 238 g/mol. The van der Waals surface area contributed by atoms with E-state index < -0.39 is 12.6 Å². The Morgan fingerprint density at radius 3 is 2.65 bits per heavy atom. The molecule has 0 unspecified atom stereocenters. The molecule has 1 heterocycles. The molecule has 0 bridgehead atoms. The molecule has 2 nitrogen and oxygen atoms in total. The van der Waals surface area contributed by atoms with E-state index in [1.54, 1.807) is 35.0 Å². The summed E-state index contributed by atoms with van der Waals surface area (Å²) in [6.45, 7) is -0.0983. The molecular formula is C12H9F3N2. The molecule has 0 saturated heterocycles. The lowest BCUT2D eigenvalue weighted by Gasteiger charge is -2.08. The number of alkyl halides is 3. The number of aromatic nitrogens is 1. The van der Waals surface area contributed by atoms with Crippen LogP contribution < -0.4 is 0 Å². The number of halogens is 3. The minimum Gasteiger partial charge on any atom is -0.347 e. The fourth-order valence-corrected chi connectivity index (χ4v) is 1.71. The molecule has 2 aromatic rings. The maximum absolute atomic E-state index is 12.1. The van der Waals surface area contributed by atoms with Gasteiger partial charge in [-0.1, -0.05) is 0 Å². The third-order valence-corrected chi connectivity index (χ3v) is 2.54. The van der Waals surface area contributed by atoms with Crippen LogP contribution in [0.4, 0.5) is 13.2 Å². The third-order valence-electron chi connectivity index (χ3n) is 2.54. The number of rotatable bonds is 2. The second kappa shape index (κ2) is 4.13. The van der Waals surface area contributed by atoms with Crippen molar-refractivity contribution in [1.82, 2.24) is 4.57 Å². The van der Waals surface area contributed by atoms with E-state index in [0.29, 0.717) is 11.1 Å². The molecule has 0 aliphatic rings. The van der Waals surface area contributed by atoms with Gasteiger partial charge in [-0.25, -0.2) is 0 Å². The lowest BCUT2D eigenvalue weighted by molar-refractivity contribution is -0.136. The van der Waals surface area contributed by atoms with Gasteiger partial charge in [-0.3, -0.25) is 0 Å². The Hall–Kier alpha value is -1.96. The highest BCUT2D eigenvalue weighted by molar-refractivity contribution is 5.81. The predicted octanol–water partition coefficient (Wildman–Crippen LogP) is 3.47. The van der Waals surface area contributed by atoms with E-state index in [9.17, 15) is 13.2 Å². The average Bonchev–Trinajstić information content (AvgIpc) is 2.67. The van der Waals surface area contributed by atoms with Crippen LogP contribution in [0.2, 0.25) is 0 Å². The number of hydrogen-bond acceptors (Lipinski definition) is 1. The van der Waals surface area contributed by atoms with Crippen LogP contribution in [0, 0.1) is 11.3 Å². The molecule has 1 aromatic heterocycles. The van der Waals surface area contributed by atoms with Crippen LogP contribution in [-0.4, -0.2) is 10.7 Å². The molecule has 0 spiro atoms. The van der Waals surface area contributed by atoms with E-state index in [1.165, 1.54) is 0 Å². The first-order valence-corrected chi connectivity index (χ1v) is 5.05. The van der Waals surface area contributed by atoms with E-state index in [0.717, 1.165) is 5.39 Å². The minimum atomic E-state index is -4.15. The zero-order valence-electron chi connectivity index (χ0n) is 8.83. The topological polar surface area (TPSA) is 28.7 Å². The molecule has 0 N–H and O–H groups in total. The van der Waals surface area contributed by atoms with Gasteiger partial charge in [0.15, 0.2) is 0 Å². The number of fused-ring (bicyclic) bond motifs is 1. The van der Waals surface area contributed by atoms with E-state index in [-0.39, 0.29) is 6.54 Å². The van der Waals surface area contributed by atoms with Crippen LogP contribution >= 0.6 is 0 Å².